The van der Waals surface area contributed by atoms with E-state index in [2.05, 4.69) is 20.7 Å². The number of benzene rings is 1. The van der Waals surface area contributed by atoms with Crippen LogP contribution < -0.4 is 10.1 Å². The lowest BCUT2D eigenvalue weighted by Crippen LogP contribution is -2.06. The smallest absolute Gasteiger partial charge is 0.240 e. The van der Waals surface area contributed by atoms with Crippen molar-refractivity contribution < 1.29 is 4.74 Å². The number of hydrogen-bond donors (Lipinski definition) is 1. The van der Waals surface area contributed by atoms with E-state index in [0.29, 0.717) is 5.88 Å². The van der Waals surface area contributed by atoms with Gasteiger partial charge in [0.15, 0.2) is 0 Å². The fraction of sp³-hybridized carbons (Fsp3) is 0.200. The third-order valence-corrected chi connectivity index (χ3v) is 4.12. The zero-order valence-corrected chi connectivity index (χ0v) is 12.2. The second kappa shape index (κ2) is 5.56. The molecule has 0 fully saturated rings. The minimum atomic E-state index is 0.622. The van der Waals surface area contributed by atoms with Gasteiger partial charge in [0.25, 0.3) is 0 Å². The normalized spacial score (nSPS) is 10.9. The lowest BCUT2D eigenvalue weighted by molar-refractivity contribution is 0.461. The summed E-state index contributed by atoms with van der Waals surface area (Å²) >= 11 is 1.61. The van der Waals surface area contributed by atoms with Crippen LogP contribution in [0.5, 0.6) is 11.6 Å². The Balaban J connectivity index is 2.01. The van der Waals surface area contributed by atoms with Crippen LogP contribution in [0.25, 0.3) is 10.2 Å². The molecule has 102 valence electrons. The highest BCUT2D eigenvalue weighted by Gasteiger charge is 2.11. The first-order valence-electron chi connectivity index (χ1n) is 6.38. The molecule has 0 aliphatic carbocycles. The van der Waals surface area contributed by atoms with Crippen LogP contribution in [0.2, 0.25) is 0 Å². The second-order valence-corrected chi connectivity index (χ2v) is 5.40. The minimum absolute atomic E-state index is 0.622. The zero-order chi connectivity index (χ0) is 13.9. The van der Waals surface area contributed by atoms with Crippen LogP contribution in [0, 0.1) is 6.92 Å². The van der Waals surface area contributed by atoms with Crippen molar-refractivity contribution in [1.29, 1.82) is 0 Å². The molecule has 0 bridgehead atoms. The van der Waals surface area contributed by atoms with E-state index in [1.54, 1.807) is 17.7 Å². The molecule has 5 heteroatoms. The first-order chi connectivity index (χ1) is 9.79. The molecular weight excluding hydrogens is 270 g/mol. The topological polar surface area (TPSA) is 47.0 Å². The molecule has 0 aliphatic heterocycles. The fourth-order valence-electron chi connectivity index (χ4n) is 2.06. The zero-order valence-electron chi connectivity index (χ0n) is 11.4. The molecule has 4 nitrogen and oxygen atoms in total. The van der Waals surface area contributed by atoms with Crippen molar-refractivity contribution >= 4 is 21.6 Å². The number of nitrogens with zero attached hydrogens (tertiary/aromatic N) is 2. The predicted octanol–water partition coefficient (Wildman–Crippen LogP) is 3.51. The summed E-state index contributed by atoms with van der Waals surface area (Å²) in [5.74, 6) is 1.45. The van der Waals surface area contributed by atoms with Gasteiger partial charge in [-0.25, -0.2) is 9.97 Å². The van der Waals surface area contributed by atoms with Gasteiger partial charge in [-0.3, -0.25) is 0 Å². The Labute approximate surface area is 121 Å². The van der Waals surface area contributed by atoms with Crippen molar-refractivity contribution in [3.8, 4) is 11.6 Å². The number of ether oxygens (including phenoxy) is 1. The van der Waals surface area contributed by atoms with Crippen molar-refractivity contribution in [3.05, 3.63) is 47.1 Å². The van der Waals surface area contributed by atoms with Crippen LogP contribution in [0.15, 0.2) is 36.0 Å². The summed E-state index contributed by atoms with van der Waals surface area (Å²) in [6, 6.07) is 7.97. The van der Waals surface area contributed by atoms with Gasteiger partial charge in [-0.05, 0) is 31.0 Å². The Morgan fingerprint density at radius 2 is 2.10 bits per heavy atom. The number of aromatic nitrogens is 2. The summed E-state index contributed by atoms with van der Waals surface area (Å²) in [6.45, 7) is 2.80. The van der Waals surface area contributed by atoms with Gasteiger partial charge in [-0.1, -0.05) is 18.2 Å². The van der Waals surface area contributed by atoms with Crippen molar-refractivity contribution in [1.82, 2.24) is 15.3 Å². The van der Waals surface area contributed by atoms with Gasteiger partial charge in [-0.2, -0.15) is 0 Å². The van der Waals surface area contributed by atoms with E-state index in [-0.39, 0.29) is 0 Å². The second-order valence-electron chi connectivity index (χ2n) is 4.52. The average Bonchev–Trinajstić information content (AvgIpc) is 2.84. The largest absolute Gasteiger partial charge is 0.437 e. The van der Waals surface area contributed by atoms with Crippen LogP contribution in [0.1, 0.15) is 11.1 Å². The molecule has 3 aromatic rings. The lowest BCUT2D eigenvalue weighted by Gasteiger charge is -2.10. The van der Waals surface area contributed by atoms with E-state index in [0.717, 1.165) is 33.6 Å². The van der Waals surface area contributed by atoms with Gasteiger partial charge < -0.3 is 10.1 Å². The minimum Gasteiger partial charge on any atom is -0.437 e. The molecule has 2 aromatic heterocycles. The summed E-state index contributed by atoms with van der Waals surface area (Å²) in [5.41, 5.74) is 3.22. The molecule has 0 saturated heterocycles. The van der Waals surface area contributed by atoms with Gasteiger partial charge >= 0.3 is 0 Å². The van der Waals surface area contributed by atoms with Crippen LogP contribution in [-0.4, -0.2) is 17.0 Å². The van der Waals surface area contributed by atoms with E-state index in [1.165, 1.54) is 0 Å². The molecule has 1 N–H and O–H groups in total. The maximum Gasteiger partial charge on any atom is 0.240 e. The maximum atomic E-state index is 6.01. The van der Waals surface area contributed by atoms with E-state index in [9.17, 15) is 0 Å². The molecule has 0 radical (unpaired) electrons. The Kier molecular flexibility index (Phi) is 3.62. The lowest BCUT2D eigenvalue weighted by atomic mass is 10.2. The van der Waals surface area contributed by atoms with E-state index < -0.39 is 0 Å². The summed E-state index contributed by atoms with van der Waals surface area (Å²) in [4.78, 5) is 8.58. The summed E-state index contributed by atoms with van der Waals surface area (Å²) in [5, 5.41) is 5.22. The third-order valence-electron chi connectivity index (χ3n) is 3.04. The molecular formula is C15H15N3OS. The number of aryl methyl sites for hydroxylation is 1. The average molecular weight is 285 g/mol. The molecule has 0 atom stereocenters. The van der Waals surface area contributed by atoms with Gasteiger partial charge in [-0.15, -0.1) is 11.3 Å². The van der Waals surface area contributed by atoms with Crippen molar-refractivity contribution in [2.24, 2.45) is 0 Å². The predicted molar refractivity (Wildman–Crippen MR) is 81.4 cm³/mol. The number of fused-ring (bicyclic) bond motifs is 1. The van der Waals surface area contributed by atoms with Crippen LogP contribution in [-0.2, 0) is 6.54 Å². The monoisotopic (exact) mass is 285 g/mol. The quantitative estimate of drug-likeness (QED) is 0.797. The molecule has 0 unspecified atom stereocenters. The van der Waals surface area contributed by atoms with Crippen LogP contribution in [0.3, 0.4) is 0 Å². The van der Waals surface area contributed by atoms with Crippen LogP contribution >= 0.6 is 11.3 Å². The molecule has 2 heterocycles. The fourth-order valence-corrected chi connectivity index (χ4v) is 2.99. The highest BCUT2D eigenvalue weighted by molar-refractivity contribution is 7.17. The Morgan fingerprint density at radius 1 is 1.25 bits per heavy atom. The third kappa shape index (κ3) is 2.37. The van der Waals surface area contributed by atoms with Crippen molar-refractivity contribution in [3.63, 3.8) is 0 Å². The van der Waals surface area contributed by atoms with E-state index in [4.69, 9.17) is 4.74 Å². The molecule has 0 amide bonds. The molecule has 1 aromatic carbocycles. The highest BCUT2D eigenvalue weighted by Crippen LogP contribution is 2.33. The first kappa shape index (κ1) is 13.0. The number of thiophene rings is 1. The van der Waals surface area contributed by atoms with Gasteiger partial charge in [0.2, 0.25) is 5.88 Å². The summed E-state index contributed by atoms with van der Waals surface area (Å²) in [6.07, 6.45) is 1.55. The maximum absolute atomic E-state index is 6.01. The van der Waals surface area contributed by atoms with E-state index >= 15 is 0 Å². The van der Waals surface area contributed by atoms with Crippen molar-refractivity contribution in [2.45, 2.75) is 13.5 Å². The van der Waals surface area contributed by atoms with Gasteiger partial charge in [0, 0.05) is 12.1 Å². The number of para-hydroxylation sites is 1. The van der Waals surface area contributed by atoms with Gasteiger partial charge in [0.1, 0.15) is 16.8 Å². The SMILES string of the molecule is CNCc1ccccc1Oc1ncnc2c(C)csc12. The number of rotatable bonds is 4. The number of nitrogens with one attached hydrogen (secondary N) is 1. The van der Waals surface area contributed by atoms with Gasteiger partial charge in [0.05, 0.1) is 5.52 Å². The Morgan fingerprint density at radius 3 is 2.95 bits per heavy atom. The Bertz CT molecular complexity index is 739. The molecule has 0 saturated carbocycles. The number of hydrogen-bond acceptors (Lipinski definition) is 5. The Hall–Kier alpha value is -1.98. The molecule has 3 rings (SSSR count). The summed E-state index contributed by atoms with van der Waals surface area (Å²) < 4.78 is 7.00. The summed E-state index contributed by atoms with van der Waals surface area (Å²) in [7, 11) is 1.92. The first-order valence-corrected chi connectivity index (χ1v) is 7.26. The van der Waals surface area contributed by atoms with Crippen LogP contribution in [0.4, 0.5) is 0 Å². The molecule has 20 heavy (non-hydrogen) atoms. The molecule has 0 aliphatic rings. The van der Waals surface area contributed by atoms with E-state index in [1.807, 2.05) is 38.2 Å². The standard InChI is InChI=1S/C15H15N3OS/c1-10-8-20-14-13(10)17-9-18-15(14)19-12-6-4-3-5-11(12)7-16-2/h3-6,8-9,16H,7H2,1-2H3. The molecule has 0 spiro atoms. The van der Waals surface area contributed by atoms with Crippen molar-refractivity contribution in [2.75, 3.05) is 7.05 Å². The highest BCUT2D eigenvalue weighted by atomic mass is 32.1.